The lowest BCUT2D eigenvalue weighted by atomic mass is 10.1. The fourth-order valence-corrected chi connectivity index (χ4v) is 4.07. The molecule has 2 unspecified atom stereocenters. The van der Waals surface area contributed by atoms with Gasteiger partial charge in [0.05, 0.1) is 6.10 Å². The van der Waals surface area contributed by atoms with E-state index in [1.165, 1.54) is 55.4 Å². The molecular weight excluding hydrogens is 797 g/mol. The normalized spacial score (nSPS) is 11.2. The number of carbonyl (C=O) groups excluding carboxylic acids is 7. The van der Waals surface area contributed by atoms with Crippen molar-refractivity contribution in [3.05, 3.63) is 42.5 Å². The molecule has 350 valence electrons. The van der Waals surface area contributed by atoms with E-state index in [0.717, 1.165) is 18.4 Å². The maximum absolute atomic E-state index is 11.2. The summed E-state index contributed by atoms with van der Waals surface area (Å²) in [5.41, 5.74) is -0.398. The molecule has 14 nitrogen and oxygen atoms in total. The Morgan fingerprint density at radius 1 is 0.617 bits per heavy atom. The topological polar surface area (TPSA) is 192 Å². The van der Waals surface area contributed by atoms with E-state index in [2.05, 4.69) is 13.5 Å². The molecule has 60 heavy (non-hydrogen) atoms. The molecule has 0 N–H and O–H groups in total. The quantitative estimate of drug-likeness (QED) is 0.129. The highest BCUT2D eigenvalue weighted by Gasteiger charge is 2.15. The summed E-state index contributed by atoms with van der Waals surface area (Å²) in [7, 11) is 0. The highest BCUT2D eigenvalue weighted by molar-refractivity contribution is 7.81. The molecule has 0 aromatic heterocycles. The van der Waals surface area contributed by atoms with Crippen molar-refractivity contribution >= 4 is 52.5 Å². The zero-order valence-electron chi connectivity index (χ0n) is 40.9. The highest BCUT2D eigenvalue weighted by Crippen LogP contribution is 2.13. The van der Waals surface area contributed by atoms with Crippen molar-refractivity contribution in [3.8, 4) is 5.75 Å². The summed E-state index contributed by atoms with van der Waals surface area (Å²) in [6.45, 7) is 41.1. The number of rotatable bonds is 9. The highest BCUT2D eigenvalue weighted by atomic mass is 32.2. The first-order chi connectivity index (χ1) is 26.7. The van der Waals surface area contributed by atoms with Crippen molar-refractivity contribution in [2.24, 2.45) is 0 Å². The molecule has 0 spiro atoms. The predicted molar refractivity (Wildman–Crippen MR) is 239 cm³/mol. The standard InChI is InChI=1S/C10H12O3S.C7H12O2.C7H14O2.3C6H12O2.C3H6O/c1-8-3-5-10(6-4-8)13-14(12)7-9(2)11;1-5-7(3,4)9-6(2)8;1-4-5-6(2)9-7(3)8;3*1-5(7)8-6(2,3)4;1-3(2)4/h3-6H,7H2,1-2H3;5H,1H2,2-4H3;6H,4-5H2,1-3H3;3*1-4H3;1-2H3. The van der Waals surface area contributed by atoms with Crippen LogP contribution in [0.5, 0.6) is 5.75 Å². The summed E-state index contributed by atoms with van der Waals surface area (Å²) in [6.07, 6.45) is 3.70. The summed E-state index contributed by atoms with van der Waals surface area (Å²) in [5, 5.41) is 0. The zero-order chi connectivity index (χ0) is 49.3. The Bertz CT molecular complexity index is 1360. The van der Waals surface area contributed by atoms with Crippen molar-refractivity contribution in [1.29, 1.82) is 0 Å². The molecule has 15 heteroatoms. The van der Waals surface area contributed by atoms with Crippen LogP contribution in [-0.4, -0.2) is 79.9 Å². The van der Waals surface area contributed by atoms with Gasteiger partial charge in [-0.15, -0.1) is 0 Å². The Balaban J connectivity index is -0.000000145. The fraction of sp³-hybridized carbons (Fsp3) is 0.667. The number of carbonyl (C=O) groups is 7. The smallest absolute Gasteiger partial charge is 0.303 e. The predicted octanol–water partition coefficient (Wildman–Crippen LogP) is 9.52. The van der Waals surface area contributed by atoms with Gasteiger partial charge in [-0.3, -0.25) is 28.8 Å². The summed E-state index contributed by atoms with van der Waals surface area (Å²) in [5.74, 6) is -0.651. The third kappa shape index (κ3) is 78.0. The third-order valence-corrected chi connectivity index (χ3v) is 5.86. The molecule has 1 aromatic rings. The minimum atomic E-state index is -1.56. The fourth-order valence-electron chi connectivity index (χ4n) is 3.35. The molecule has 0 bridgehead atoms. The van der Waals surface area contributed by atoms with Crippen molar-refractivity contribution in [2.45, 2.75) is 194 Å². The number of benzene rings is 1. The molecule has 0 aliphatic carbocycles. The average molecular weight is 877 g/mol. The van der Waals surface area contributed by atoms with Gasteiger partial charge in [0.25, 0.3) is 0 Å². The summed E-state index contributed by atoms with van der Waals surface area (Å²) in [4.78, 5) is 71.4. The number of esters is 5. The second-order valence-electron chi connectivity index (χ2n) is 16.7. The van der Waals surface area contributed by atoms with Crippen LogP contribution in [0.4, 0.5) is 0 Å². The maximum atomic E-state index is 11.2. The number of Topliss-reactive ketones (excluding diaryl/α,β-unsaturated/α-hetero) is 2. The summed E-state index contributed by atoms with van der Waals surface area (Å²) >= 11 is -1.56. The van der Waals surface area contributed by atoms with Gasteiger partial charge >= 0.3 is 29.8 Å². The Morgan fingerprint density at radius 3 is 1.12 bits per heavy atom. The van der Waals surface area contributed by atoms with Gasteiger partial charge in [-0.05, 0) is 135 Å². The van der Waals surface area contributed by atoms with Crippen LogP contribution in [0.15, 0.2) is 36.9 Å². The van der Waals surface area contributed by atoms with Gasteiger partial charge < -0.3 is 32.7 Å². The van der Waals surface area contributed by atoms with Gasteiger partial charge in [0.2, 0.25) is 11.1 Å². The number of ketones is 2. The molecule has 0 saturated carbocycles. The molecule has 1 aromatic carbocycles. The molecule has 2 atom stereocenters. The van der Waals surface area contributed by atoms with Crippen molar-refractivity contribution < 1.29 is 65.6 Å². The van der Waals surface area contributed by atoms with Crippen LogP contribution in [0.2, 0.25) is 0 Å². The molecule has 0 fully saturated rings. The second-order valence-corrected chi connectivity index (χ2v) is 17.7. The van der Waals surface area contributed by atoms with E-state index < -0.39 is 16.7 Å². The molecule has 0 aliphatic rings. The lowest BCUT2D eigenvalue weighted by Crippen LogP contribution is -2.23. The van der Waals surface area contributed by atoms with Gasteiger partial charge in [0.1, 0.15) is 45.5 Å². The zero-order valence-corrected chi connectivity index (χ0v) is 41.7. The van der Waals surface area contributed by atoms with Crippen molar-refractivity contribution in [2.75, 3.05) is 5.75 Å². The number of ether oxygens (including phenoxy) is 5. The van der Waals surface area contributed by atoms with E-state index in [9.17, 15) is 37.8 Å². The Hall–Kier alpha value is -4.40. The molecule has 0 amide bonds. The lowest BCUT2D eigenvalue weighted by molar-refractivity contribution is -0.153. The molecule has 1 rings (SSSR count). The van der Waals surface area contributed by atoms with E-state index >= 15 is 0 Å². The Kier molecular flexibility index (Phi) is 39.7. The lowest BCUT2D eigenvalue weighted by Gasteiger charge is -2.18. The minimum Gasteiger partial charge on any atom is -0.463 e. The van der Waals surface area contributed by atoms with Crippen LogP contribution in [0.3, 0.4) is 0 Å². The molecule has 0 aliphatic heterocycles. The number of hydrogen-bond donors (Lipinski definition) is 0. The van der Waals surface area contributed by atoms with Gasteiger partial charge in [-0.1, -0.05) is 37.6 Å². The van der Waals surface area contributed by atoms with Gasteiger partial charge in [-0.2, -0.15) is 0 Å². The van der Waals surface area contributed by atoms with Crippen LogP contribution in [-0.2, 0) is 68.3 Å². The van der Waals surface area contributed by atoms with Crippen LogP contribution >= 0.6 is 0 Å². The van der Waals surface area contributed by atoms with Crippen LogP contribution < -0.4 is 4.18 Å². The SMILES string of the molecule is C=CC(C)(C)OC(C)=O.CC(=O)CS(=O)Oc1ccc(C)cc1.CC(=O)OC(C)(C)C.CC(=O)OC(C)(C)C.CC(=O)OC(C)(C)C.CC(C)=O.CCCC(C)OC(C)=O. The van der Waals surface area contributed by atoms with E-state index in [-0.39, 0.29) is 70.1 Å². The van der Waals surface area contributed by atoms with Crippen molar-refractivity contribution in [1.82, 2.24) is 0 Å². The van der Waals surface area contributed by atoms with E-state index in [1.807, 2.05) is 88.3 Å². The van der Waals surface area contributed by atoms with Crippen LogP contribution in [0.25, 0.3) is 0 Å². The first-order valence-corrected chi connectivity index (χ1v) is 20.6. The van der Waals surface area contributed by atoms with Gasteiger partial charge in [-0.25, -0.2) is 4.21 Å². The monoisotopic (exact) mass is 877 g/mol. The number of hydrogen-bond acceptors (Lipinski definition) is 14. The first-order valence-electron chi connectivity index (χ1n) is 19.4. The minimum absolute atomic E-state index is 0.0616. The van der Waals surface area contributed by atoms with Crippen molar-refractivity contribution in [3.63, 3.8) is 0 Å². The Morgan fingerprint density at radius 2 is 0.933 bits per heavy atom. The largest absolute Gasteiger partial charge is 0.463 e. The average Bonchev–Trinajstić information content (AvgIpc) is 2.94. The van der Waals surface area contributed by atoms with Gasteiger partial charge in [0.15, 0.2) is 0 Å². The molecule has 0 heterocycles. The first kappa shape index (κ1) is 67.4. The molecule has 0 radical (unpaired) electrons. The summed E-state index contributed by atoms with van der Waals surface area (Å²) in [6, 6.07) is 7.18. The third-order valence-electron chi connectivity index (χ3n) is 4.84. The summed E-state index contributed by atoms with van der Waals surface area (Å²) < 4.78 is 40.3. The molecular formula is C45H80O14S. The van der Waals surface area contributed by atoms with Crippen LogP contribution in [0.1, 0.15) is 164 Å². The van der Waals surface area contributed by atoms with E-state index in [4.69, 9.17) is 27.9 Å². The molecule has 0 saturated heterocycles. The maximum Gasteiger partial charge on any atom is 0.303 e. The van der Waals surface area contributed by atoms with E-state index in [0.29, 0.717) is 5.75 Å². The number of aryl methyl sites for hydroxylation is 1. The van der Waals surface area contributed by atoms with E-state index in [1.54, 1.807) is 32.1 Å². The second kappa shape index (κ2) is 35.4. The van der Waals surface area contributed by atoms with Gasteiger partial charge in [0, 0.05) is 34.6 Å². The van der Waals surface area contributed by atoms with Crippen LogP contribution in [0, 0.1) is 6.92 Å². The Labute approximate surface area is 364 Å².